The summed E-state index contributed by atoms with van der Waals surface area (Å²) < 4.78 is 16.4. The minimum Gasteiger partial charge on any atom is -0.418 e. The van der Waals surface area contributed by atoms with E-state index in [-0.39, 0.29) is 5.91 Å². The van der Waals surface area contributed by atoms with Crippen LogP contribution in [-0.4, -0.2) is 35.5 Å². The topological polar surface area (TPSA) is 27.7 Å². The molecule has 0 unspecified atom stereocenters. The van der Waals surface area contributed by atoms with Gasteiger partial charge in [0.05, 0.1) is 0 Å². The van der Waals surface area contributed by atoms with Crippen molar-refractivity contribution in [2.45, 2.75) is 45.9 Å². The van der Waals surface area contributed by atoms with E-state index < -0.39 is 9.76 Å². The molecule has 0 spiro atoms. The van der Waals surface area contributed by atoms with Crippen LogP contribution in [0.5, 0.6) is 0 Å². The van der Waals surface area contributed by atoms with Crippen LogP contribution in [0, 0.1) is 0 Å². The van der Waals surface area contributed by atoms with Crippen molar-refractivity contribution in [3.63, 3.8) is 0 Å². The van der Waals surface area contributed by atoms with Crippen molar-refractivity contribution < 1.29 is 13.9 Å². The summed E-state index contributed by atoms with van der Waals surface area (Å²) in [5.74, 6) is -0.0494. The van der Waals surface area contributed by atoms with Gasteiger partial charge in [0.25, 0.3) is 0 Å². The van der Waals surface area contributed by atoms with Gasteiger partial charge in [0, 0.05) is 19.8 Å². The van der Waals surface area contributed by atoms with Crippen LogP contribution in [0.3, 0.4) is 0 Å². The first-order valence-electron chi connectivity index (χ1n) is 5.66. The van der Waals surface area contributed by atoms with Gasteiger partial charge in [-0.1, -0.05) is 19.8 Å². The van der Waals surface area contributed by atoms with Crippen LogP contribution < -0.4 is 0 Å². The average Bonchev–Trinajstić information content (AvgIpc) is 2.18. The molecule has 0 fully saturated rings. The molecule has 0 radical (unpaired) electrons. The number of hydrogen-bond donors (Lipinski definition) is 0. The smallest absolute Gasteiger partial charge is 0.223 e. The van der Waals surface area contributed by atoms with Gasteiger partial charge in [-0.25, -0.2) is 0 Å². The van der Waals surface area contributed by atoms with Crippen LogP contribution in [0.1, 0.15) is 40.0 Å². The Bertz CT molecular complexity index is 106. The summed E-state index contributed by atoms with van der Waals surface area (Å²) in [4.78, 5) is 0. The predicted octanol–water partition coefficient (Wildman–Crippen LogP) is 1.63. The Morgan fingerprint density at radius 1 is 1.00 bits per heavy atom. The minimum atomic E-state index is -0.669. The molecule has 0 heterocycles. The summed E-state index contributed by atoms with van der Waals surface area (Å²) in [6.07, 6.45) is 3.65. The lowest BCUT2D eigenvalue weighted by atomic mass is 10.3. The molecule has 0 aromatic rings. The molecule has 0 aliphatic carbocycles. The summed E-state index contributed by atoms with van der Waals surface area (Å²) >= 11 is 0. The van der Waals surface area contributed by atoms with Gasteiger partial charge in [0.15, 0.2) is 5.91 Å². The molecule has 0 aliphatic rings. The first-order chi connectivity index (χ1) is 6.85. The Balaban J connectivity index is 3.30. The van der Waals surface area contributed by atoms with Gasteiger partial charge in [0.1, 0.15) is 0 Å². The fraction of sp³-hybridized carbons (Fsp3) is 1.00. The third-order valence-corrected chi connectivity index (χ3v) is 3.12. The SMILES string of the molecule is CCCCCO[SiH2]C(OCC)OCC. The number of hydrogen-bond acceptors (Lipinski definition) is 3. The molecule has 0 rings (SSSR count). The van der Waals surface area contributed by atoms with Crippen LogP contribution in [0.4, 0.5) is 0 Å². The van der Waals surface area contributed by atoms with Crippen molar-refractivity contribution in [1.29, 1.82) is 0 Å². The van der Waals surface area contributed by atoms with Gasteiger partial charge in [-0.15, -0.1) is 0 Å². The van der Waals surface area contributed by atoms with Crippen molar-refractivity contribution >= 4 is 9.76 Å². The molecular weight excluding hydrogens is 196 g/mol. The lowest BCUT2D eigenvalue weighted by Gasteiger charge is -2.16. The number of unbranched alkanes of at least 4 members (excludes halogenated alkanes) is 2. The second-order valence-corrected chi connectivity index (χ2v) is 4.53. The lowest BCUT2D eigenvalue weighted by Crippen LogP contribution is -2.27. The summed E-state index contributed by atoms with van der Waals surface area (Å²) in [6, 6.07) is 0. The molecule has 0 N–H and O–H groups in total. The molecular formula is C10H24O3Si. The average molecular weight is 220 g/mol. The molecule has 4 heteroatoms. The lowest BCUT2D eigenvalue weighted by molar-refractivity contribution is -0.0899. The molecule has 0 aliphatic heterocycles. The Morgan fingerprint density at radius 3 is 2.14 bits per heavy atom. The van der Waals surface area contributed by atoms with E-state index in [0.717, 1.165) is 13.0 Å². The van der Waals surface area contributed by atoms with Gasteiger partial charge in [-0.3, -0.25) is 0 Å². The number of rotatable bonds is 10. The van der Waals surface area contributed by atoms with E-state index >= 15 is 0 Å². The Hall–Kier alpha value is 0.0969. The van der Waals surface area contributed by atoms with Crippen molar-refractivity contribution in [1.82, 2.24) is 0 Å². The minimum absolute atomic E-state index is 0.0494. The molecule has 3 nitrogen and oxygen atoms in total. The third-order valence-electron chi connectivity index (χ3n) is 1.85. The first kappa shape index (κ1) is 14.1. The van der Waals surface area contributed by atoms with Gasteiger partial charge in [-0.2, -0.15) is 0 Å². The zero-order chi connectivity index (χ0) is 10.6. The zero-order valence-electron chi connectivity index (χ0n) is 9.75. The van der Waals surface area contributed by atoms with E-state index in [2.05, 4.69) is 6.92 Å². The largest absolute Gasteiger partial charge is 0.418 e. The van der Waals surface area contributed by atoms with E-state index in [1.165, 1.54) is 12.8 Å². The molecule has 0 atom stereocenters. The molecule has 0 saturated heterocycles. The molecule has 0 bridgehead atoms. The second kappa shape index (κ2) is 11.2. The van der Waals surface area contributed by atoms with E-state index in [9.17, 15) is 0 Å². The van der Waals surface area contributed by atoms with Crippen molar-refractivity contribution in [3.05, 3.63) is 0 Å². The maximum atomic E-state index is 5.59. The number of ether oxygens (including phenoxy) is 2. The van der Waals surface area contributed by atoms with E-state index in [1.54, 1.807) is 0 Å². The van der Waals surface area contributed by atoms with Gasteiger partial charge in [0.2, 0.25) is 9.76 Å². The van der Waals surface area contributed by atoms with Crippen molar-refractivity contribution in [2.75, 3.05) is 19.8 Å². The first-order valence-corrected chi connectivity index (χ1v) is 7.05. The quantitative estimate of drug-likeness (QED) is 0.318. The van der Waals surface area contributed by atoms with Crippen LogP contribution in [0.25, 0.3) is 0 Å². The van der Waals surface area contributed by atoms with Crippen LogP contribution in [0.2, 0.25) is 0 Å². The highest BCUT2D eigenvalue weighted by Gasteiger charge is 2.08. The van der Waals surface area contributed by atoms with Crippen LogP contribution >= 0.6 is 0 Å². The van der Waals surface area contributed by atoms with Crippen molar-refractivity contribution in [2.24, 2.45) is 0 Å². The maximum absolute atomic E-state index is 5.59. The fourth-order valence-electron chi connectivity index (χ4n) is 1.15. The van der Waals surface area contributed by atoms with E-state index in [4.69, 9.17) is 13.9 Å². The zero-order valence-corrected chi connectivity index (χ0v) is 11.2. The van der Waals surface area contributed by atoms with Crippen LogP contribution in [-0.2, 0) is 13.9 Å². The van der Waals surface area contributed by atoms with Crippen LogP contribution in [0.15, 0.2) is 0 Å². The third kappa shape index (κ3) is 8.68. The Labute approximate surface area is 90.1 Å². The summed E-state index contributed by atoms with van der Waals surface area (Å²) in [5, 5.41) is 0. The summed E-state index contributed by atoms with van der Waals surface area (Å²) in [5.41, 5.74) is 0. The Kier molecular flexibility index (Phi) is 11.3. The standard InChI is InChI=1S/C10H24O3Si/c1-4-7-8-9-13-14-10(11-5-2)12-6-3/h10H,4-9,14H2,1-3H3. The Morgan fingerprint density at radius 2 is 1.64 bits per heavy atom. The molecule has 14 heavy (non-hydrogen) atoms. The molecule has 0 aromatic heterocycles. The molecule has 86 valence electrons. The monoisotopic (exact) mass is 220 g/mol. The van der Waals surface area contributed by atoms with E-state index in [0.29, 0.717) is 13.2 Å². The predicted molar refractivity (Wildman–Crippen MR) is 61.1 cm³/mol. The fourth-order valence-corrected chi connectivity index (χ4v) is 2.38. The molecule has 0 amide bonds. The highest BCUT2D eigenvalue weighted by atomic mass is 28.2. The second-order valence-electron chi connectivity index (χ2n) is 3.12. The molecule has 0 saturated carbocycles. The highest BCUT2D eigenvalue weighted by molar-refractivity contribution is 6.28. The molecule has 0 aromatic carbocycles. The van der Waals surface area contributed by atoms with Crippen molar-refractivity contribution in [3.8, 4) is 0 Å². The van der Waals surface area contributed by atoms with E-state index in [1.807, 2.05) is 13.8 Å². The summed E-state index contributed by atoms with van der Waals surface area (Å²) in [6.45, 7) is 8.44. The normalized spacial score (nSPS) is 12.0. The highest BCUT2D eigenvalue weighted by Crippen LogP contribution is 1.97. The van der Waals surface area contributed by atoms with Gasteiger partial charge in [-0.05, 0) is 20.3 Å². The van der Waals surface area contributed by atoms with Gasteiger partial charge >= 0.3 is 0 Å². The van der Waals surface area contributed by atoms with Gasteiger partial charge < -0.3 is 13.9 Å². The maximum Gasteiger partial charge on any atom is 0.223 e. The summed E-state index contributed by atoms with van der Waals surface area (Å²) in [7, 11) is -0.669.